The van der Waals surface area contributed by atoms with Crippen LogP contribution in [0, 0.1) is 0 Å². The van der Waals surface area contributed by atoms with Gasteiger partial charge in [0.15, 0.2) is 0 Å². The largest absolute Gasteiger partial charge is 0.310 e. The van der Waals surface area contributed by atoms with Crippen molar-refractivity contribution in [3.63, 3.8) is 0 Å². The highest BCUT2D eigenvalue weighted by Gasteiger charge is 2.16. The Hall–Kier alpha value is -4.17. The van der Waals surface area contributed by atoms with Crippen LogP contribution in [0.1, 0.15) is 5.56 Å². The van der Waals surface area contributed by atoms with Crippen molar-refractivity contribution in [2.75, 3.05) is 4.90 Å². The van der Waals surface area contributed by atoms with Crippen molar-refractivity contribution in [1.82, 2.24) is 4.98 Å². The smallest absolute Gasteiger partial charge is 0.0702 e. The lowest BCUT2D eigenvalue weighted by atomic mass is 10.0. The van der Waals surface area contributed by atoms with Crippen molar-refractivity contribution < 1.29 is 0 Å². The van der Waals surface area contributed by atoms with E-state index in [4.69, 9.17) is 0 Å². The van der Waals surface area contributed by atoms with Crippen LogP contribution in [0.15, 0.2) is 122 Å². The molecule has 0 fully saturated rings. The van der Waals surface area contributed by atoms with Crippen LogP contribution in [0.2, 0.25) is 0 Å². The monoisotopic (exact) mass is 398 g/mol. The fraction of sp³-hybridized carbons (Fsp3) is 0. The van der Waals surface area contributed by atoms with Crippen molar-refractivity contribution in [3.05, 3.63) is 128 Å². The Kier molecular flexibility index (Phi) is 5.04. The highest BCUT2D eigenvalue weighted by Crippen LogP contribution is 2.39. The summed E-state index contributed by atoms with van der Waals surface area (Å²) in [4.78, 5) is 6.85. The number of pyridine rings is 1. The fourth-order valence-electron chi connectivity index (χ4n) is 3.93. The molecule has 0 aliphatic rings. The van der Waals surface area contributed by atoms with Gasteiger partial charge in [-0.3, -0.25) is 4.98 Å². The van der Waals surface area contributed by atoms with Gasteiger partial charge in [0.25, 0.3) is 0 Å². The molecule has 1 heterocycles. The summed E-state index contributed by atoms with van der Waals surface area (Å²) in [5.74, 6) is 0. The number of anilines is 3. The van der Waals surface area contributed by atoms with E-state index in [2.05, 4.69) is 107 Å². The molecule has 5 aromatic rings. The van der Waals surface area contributed by atoms with Crippen LogP contribution in [0.3, 0.4) is 0 Å². The molecule has 4 aromatic carbocycles. The Bertz CT molecular complexity index is 1330. The standard InChI is InChI=1S/C29H22N2/c1-2-22-16-18-25(19-17-22)31(29-15-8-10-23-9-3-4-13-27(23)29)26-12-7-11-24(21-26)28-14-5-6-20-30-28/h2-21H,1H2. The first-order valence-corrected chi connectivity index (χ1v) is 10.4. The molecular weight excluding hydrogens is 376 g/mol. The number of hydrogen-bond donors (Lipinski definition) is 0. The summed E-state index contributed by atoms with van der Waals surface area (Å²) >= 11 is 0. The number of rotatable bonds is 5. The van der Waals surface area contributed by atoms with Gasteiger partial charge in [-0.15, -0.1) is 0 Å². The fourth-order valence-corrected chi connectivity index (χ4v) is 3.93. The molecule has 0 saturated heterocycles. The molecule has 1 aromatic heterocycles. The minimum atomic E-state index is 0.962. The van der Waals surface area contributed by atoms with Gasteiger partial charge in [-0.2, -0.15) is 0 Å². The Balaban J connectivity index is 1.72. The third kappa shape index (κ3) is 3.72. The maximum Gasteiger partial charge on any atom is 0.0702 e. The molecule has 0 unspecified atom stereocenters. The second-order valence-corrected chi connectivity index (χ2v) is 7.39. The highest BCUT2D eigenvalue weighted by atomic mass is 15.1. The van der Waals surface area contributed by atoms with E-state index in [0.29, 0.717) is 0 Å². The van der Waals surface area contributed by atoms with Gasteiger partial charge in [-0.25, -0.2) is 0 Å². The number of fused-ring (bicyclic) bond motifs is 1. The zero-order valence-electron chi connectivity index (χ0n) is 17.1. The lowest BCUT2D eigenvalue weighted by Crippen LogP contribution is -2.10. The second-order valence-electron chi connectivity index (χ2n) is 7.39. The number of benzene rings is 4. The van der Waals surface area contributed by atoms with Crippen molar-refractivity contribution in [3.8, 4) is 11.3 Å². The van der Waals surface area contributed by atoms with Gasteiger partial charge < -0.3 is 4.90 Å². The van der Waals surface area contributed by atoms with E-state index in [1.165, 1.54) is 10.8 Å². The molecule has 0 spiro atoms. The second kappa shape index (κ2) is 8.29. The van der Waals surface area contributed by atoms with Crippen LogP contribution in [0.25, 0.3) is 28.1 Å². The van der Waals surface area contributed by atoms with Crippen LogP contribution in [-0.4, -0.2) is 4.98 Å². The van der Waals surface area contributed by atoms with Gasteiger partial charge in [0.05, 0.1) is 11.4 Å². The Morgan fingerprint density at radius 1 is 0.677 bits per heavy atom. The van der Waals surface area contributed by atoms with Gasteiger partial charge in [0, 0.05) is 28.5 Å². The van der Waals surface area contributed by atoms with Gasteiger partial charge >= 0.3 is 0 Å². The van der Waals surface area contributed by atoms with Crippen LogP contribution in [0.4, 0.5) is 17.1 Å². The Morgan fingerprint density at radius 2 is 1.45 bits per heavy atom. The zero-order valence-corrected chi connectivity index (χ0v) is 17.1. The molecule has 2 nitrogen and oxygen atoms in total. The SMILES string of the molecule is C=Cc1ccc(N(c2cccc(-c3ccccn3)c2)c2cccc3ccccc23)cc1. The predicted octanol–water partition coefficient (Wildman–Crippen LogP) is 8.01. The molecule has 0 amide bonds. The average Bonchev–Trinajstić information content (AvgIpc) is 2.85. The number of hydrogen-bond acceptors (Lipinski definition) is 2. The van der Waals surface area contributed by atoms with E-state index in [1.807, 2.05) is 30.5 Å². The minimum Gasteiger partial charge on any atom is -0.310 e. The molecule has 31 heavy (non-hydrogen) atoms. The summed E-state index contributed by atoms with van der Waals surface area (Å²) in [5, 5.41) is 2.43. The maximum absolute atomic E-state index is 4.54. The molecule has 0 saturated carbocycles. The van der Waals surface area contributed by atoms with Crippen LogP contribution < -0.4 is 4.90 Å². The molecule has 0 atom stereocenters. The summed E-state index contributed by atoms with van der Waals surface area (Å²) in [6, 6.07) is 38.0. The quantitative estimate of drug-likeness (QED) is 0.298. The highest BCUT2D eigenvalue weighted by molar-refractivity contribution is 5.99. The molecular formula is C29H22N2. The Morgan fingerprint density at radius 3 is 2.26 bits per heavy atom. The van der Waals surface area contributed by atoms with E-state index < -0.39 is 0 Å². The van der Waals surface area contributed by atoms with E-state index in [9.17, 15) is 0 Å². The Labute approximate surface area is 182 Å². The molecule has 0 radical (unpaired) electrons. The molecule has 0 aliphatic carbocycles. The molecule has 2 heteroatoms. The van der Waals surface area contributed by atoms with E-state index in [-0.39, 0.29) is 0 Å². The summed E-state index contributed by atoms with van der Waals surface area (Å²) in [6.07, 6.45) is 3.70. The lowest BCUT2D eigenvalue weighted by molar-refractivity contribution is 1.28. The third-order valence-corrected chi connectivity index (χ3v) is 5.46. The molecule has 0 aliphatic heterocycles. The van der Waals surface area contributed by atoms with Gasteiger partial charge in [-0.1, -0.05) is 79.4 Å². The van der Waals surface area contributed by atoms with Crippen LogP contribution >= 0.6 is 0 Å². The minimum absolute atomic E-state index is 0.962. The van der Waals surface area contributed by atoms with Crippen molar-refractivity contribution in [2.24, 2.45) is 0 Å². The molecule has 0 bridgehead atoms. The first kappa shape index (κ1) is 18.8. The zero-order chi connectivity index (χ0) is 21.0. The number of aromatic nitrogens is 1. The summed E-state index contributed by atoms with van der Waals surface area (Å²) in [7, 11) is 0. The number of nitrogens with zero attached hydrogens (tertiary/aromatic N) is 2. The molecule has 5 rings (SSSR count). The summed E-state index contributed by atoms with van der Waals surface area (Å²) < 4.78 is 0. The predicted molar refractivity (Wildman–Crippen MR) is 132 cm³/mol. The molecule has 148 valence electrons. The van der Waals surface area contributed by atoms with Gasteiger partial charge in [-0.05, 0) is 53.4 Å². The summed E-state index contributed by atoms with van der Waals surface area (Å²) in [6.45, 7) is 3.89. The maximum atomic E-state index is 4.54. The summed E-state index contributed by atoms with van der Waals surface area (Å²) in [5.41, 5.74) is 6.48. The first-order valence-electron chi connectivity index (χ1n) is 10.4. The molecule has 0 N–H and O–H groups in total. The van der Waals surface area contributed by atoms with Crippen molar-refractivity contribution >= 4 is 33.9 Å². The van der Waals surface area contributed by atoms with E-state index in [1.54, 1.807) is 0 Å². The third-order valence-electron chi connectivity index (χ3n) is 5.46. The van der Waals surface area contributed by atoms with Crippen molar-refractivity contribution in [1.29, 1.82) is 0 Å². The first-order chi connectivity index (χ1) is 15.3. The van der Waals surface area contributed by atoms with Gasteiger partial charge in [0.1, 0.15) is 0 Å². The van der Waals surface area contributed by atoms with Gasteiger partial charge in [0.2, 0.25) is 0 Å². The van der Waals surface area contributed by atoms with E-state index >= 15 is 0 Å². The average molecular weight is 399 g/mol. The normalized spacial score (nSPS) is 10.7. The topological polar surface area (TPSA) is 16.1 Å². The van der Waals surface area contributed by atoms with E-state index in [0.717, 1.165) is 33.9 Å². The van der Waals surface area contributed by atoms with Crippen LogP contribution in [-0.2, 0) is 0 Å². The lowest BCUT2D eigenvalue weighted by Gasteiger charge is -2.27. The van der Waals surface area contributed by atoms with Crippen molar-refractivity contribution in [2.45, 2.75) is 0 Å². The van der Waals surface area contributed by atoms with Crippen LogP contribution in [0.5, 0.6) is 0 Å².